The van der Waals surface area contributed by atoms with Gasteiger partial charge < -0.3 is 9.84 Å². The zero-order valence-corrected chi connectivity index (χ0v) is 13.6. The maximum absolute atomic E-state index is 10.4. The molecule has 1 fully saturated rings. The van der Waals surface area contributed by atoms with Crippen LogP contribution in [0.5, 0.6) is 5.75 Å². The molecule has 0 bridgehead atoms. The first-order valence-corrected chi connectivity index (χ1v) is 8.07. The van der Waals surface area contributed by atoms with E-state index in [-0.39, 0.29) is 0 Å². The van der Waals surface area contributed by atoms with Crippen LogP contribution in [0.1, 0.15) is 41.6 Å². The van der Waals surface area contributed by atoms with Gasteiger partial charge in [-0.3, -0.25) is 0 Å². The Morgan fingerprint density at radius 3 is 2.48 bits per heavy atom. The second-order valence-corrected chi connectivity index (χ2v) is 6.48. The van der Waals surface area contributed by atoms with Gasteiger partial charge in [-0.05, 0) is 63.5 Å². The van der Waals surface area contributed by atoms with Gasteiger partial charge in [0.25, 0.3) is 0 Å². The number of aliphatic hydroxyl groups excluding tert-OH is 1. The smallest absolute Gasteiger partial charge is 0.133 e. The summed E-state index contributed by atoms with van der Waals surface area (Å²) >= 11 is 3.48. The van der Waals surface area contributed by atoms with Crippen molar-refractivity contribution in [1.82, 2.24) is 0 Å². The molecule has 0 saturated heterocycles. The third kappa shape index (κ3) is 3.47. The van der Waals surface area contributed by atoms with Crippen LogP contribution >= 0.6 is 15.9 Å². The molecule has 1 unspecified atom stereocenters. The van der Waals surface area contributed by atoms with Crippen molar-refractivity contribution in [3.05, 3.63) is 63.6 Å². The second-order valence-electron chi connectivity index (χ2n) is 5.63. The van der Waals surface area contributed by atoms with Gasteiger partial charge in [-0.25, -0.2) is 0 Å². The van der Waals surface area contributed by atoms with Crippen molar-refractivity contribution in [3.63, 3.8) is 0 Å². The lowest BCUT2D eigenvalue weighted by atomic mass is 9.99. The summed E-state index contributed by atoms with van der Waals surface area (Å²) in [7, 11) is 1.65. The normalized spacial score (nSPS) is 15.8. The Labute approximate surface area is 133 Å². The van der Waals surface area contributed by atoms with Crippen molar-refractivity contribution in [2.75, 3.05) is 7.11 Å². The maximum atomic E-state index is 10.4. The summed E-state index contributed by atoms with van der Waals surface area (Å²) in [6.07, 6.45) is 2.74. The zero-order chi connectivity index (χ0) is 14.8. The molecule has 0 radical (unpaired) electrons. The van der Waals surface area contributed by atoms with Crippen LogP contribution < -0.4 is 4.74 Å². The molecule has 0 heterocycles. The first-order valence-electron chi connectivity index (χ1n) is 7.27. The van der Waals surface area contributed by atoms with Crippen LogP contribution in [0.4, 0.5) is 0 Å². The van der Waals surface area contributed by atoms with Crippen molar-refractivity contribution >= 4 is 15.9 Å². The van der Waals surface area contributed by atoms with Gasteiger partial charge in [-0.2, -0.15) is 0 Å². The monoisotopic (exact) mass is 346 g/mol. The highest BCUT2D eigenvalue weighted by Gasteiger charge is 2.23. The van der Waals surface area contributed by atoms with Crippen LogP contribution in [0, 0.1) is 0 Å². The van der Waals surface area contributed by atoms with Crippen LogP contribution in [0.25, 0.3) is 0 Å². The van der Waals surface area contributed by atoms with Gasteiger partial charge in [0.1, 0.15) is 5.75 Å². The summed E-state index contributed by atoms with van der Waals surface area (Å²) in [6.45, 7) is 0. The minimum Gasteiger partial charge on any atom is -0.496 e. The Morgan fingerprint density at radius 2 is 1.90 bits per heavy atom. The summed E-state index contributed by atoms with van der Waals surface area (Å²) in [4.78, 5) is 0. The van der Waals surface area contributed by atoms with Crippen LogP contribution in [-0.4, -0.2) is 12.2 Å². The largest absolute Gasteiger partial charge is 0.496 e. The van der Waals surface area contributed by atoms with E-state index >= 15 is 0 Å². The number of aliphatic hydroxyl groups is 1. The quantitative estimate of drug-likeness (QED) is 0.856. The Hall–Kier alpha value is -1.32. The first-order chi connectivity index (χ1) is 10.2. The minimum absolute atomic E-state index is 0.474. The van der Waals surface area contributed by atoms with Crippen molar-refractivity contribution in [2.45, 2.75) is 31.3 Å². The lowest BCUT2D eigenvalue weighted by Crippen LogP contribution is -2.02. The Kier molecular flexibility index (Phi) is 4.32. The average molecular weight is 347 g/mol. The number of halogens is 1. The molecule has 2 aromatic rings. The molecule has 0 aliphatic heterocycles. The third-order valence-corrected chi connectivity index (χ3v) is 4.63. The topological polar surface area (TPSA) is 29.5 Å². The number of methoxy groups -OCH3 is 1. The molecule has 3 rings (SSSR count). The van der Waals surface area contributed by atoms with E-state index < -0.39 is 6.10 Å². The summed E-state index contributed by atoms with van der Waals surface area (Å²) < 4.78 is 6.14. The van der Waals surface area contributed by atoms with Crippen molar-refractivity contribution in [3.8, 4) is 5.75 Å². The van der Waals surface area contributed by atoms with Crippen LogP contribution in [0.2, 0.25) is 0 Å². The predicted octanol–water partition coefficient (Wildman–Crippen LogP) is 4.61. The molecule has 1 atom stereocenters. The molecule has 0 aromatic heterocycles. The van der Waals surface area contributed by atoms with Crippen LogP contribution in [0.3, 0.4) is 0 Å². The highest BCUT2D eigenvalue weighted by Crippen LogP contribution is 2.40. The molecule has 21 heavy (non-hydrogen) atoms. The fourth-order valence-electron chi connectivity index (χ4n) is 2.58. The van der Waals surface area contributed by atoms with E-state index in [4.69, 9.17) is 4.74 Å². The second kappa shape index (κ2) is 6.20. The third-order valence-electron chi connectivity index (χ3n) is 4.02. The first kappa shape index (κ1) is 14.6. The molecule has 3 heteroatoms. The number of benzene rings is 2. The zero-order valence-electron chi connectivity index (χ0n) is 12.1. The summed E-state index contributed by atoms with van der Waals surface area (Å²) in [6, 6.07) is 14.3. The van der Waals surface area contributed by atoms with E-state index in [1.807, 2.05) is 18.2 Å². The van der Waals surface area contributed by atoms with Gasteiger partial charge >= 0.3 is 0 Å². The minimum atomic E-state index is -0.474. The molecule has 1 saturated carbocycles. The Bertz CT molecular complexity index is 618. The number of ether oxygens (including phenoxy) is 1. The standard InChI is InChI=1S/C18H19BrO2/c1-21-18-9-2-12(10-16(18)19)11-17(20)15-7-5-14(6-8-15)13-3-4-13/h2,5-10,13,17,20H,3-4,11H2,1H3. The van der Waals surface area contributed by atoms with E-state index in [0.29, 0.717) is 6.42 Å². The molecule has 110 valence electrons. The van der Waals surface area contributed by atoms with Crippen LogP contribution in [-0.2, 0) is 6.42 Å². The molecule has 2 nitrogen and oxygen atoms in total. The maximum Gasteiger partial charge on any atom is 0.133 e. The fraction of sp³-hybridized carbons (Fsp3) is 0.333. The molecule has 1 aliphatic carbocycles. The van der Waals surface area contributed by atoms with Gasteiger partial charge in [0, 0.05) is 6.42 Å². The van der Waals surface area contributed by atoms with Gasteiger partial charge in [0.15, 0.2) is 0 Å². The SMILES string of the molecule is COc1ccc(CC(O)c2ccc(C3CC3)cc2)cc1Br. The molecule has 0 spiro atoms. The molecule has 2 aromatic carbocycles. The van der Waals surface area contributed by atoms with E-state index in [0.717, 1.165) is 27.3 Å². The van der Waals surface area contributed by atoms with Crippen molar-refractivity contribution in [2.24, 2.45) is 0 Å². The molecule has 0 amide bonds. The number of rotatable bonds is 5. The highest BCUT2D eigenvalue weighted by molar-refractivity contribution is 9.10. The summed E-state index contributed by atoms with van der Waals surface area (Å²) in [5.41, 5.74) is 3.46. The molecule has 1 aliphatic rings. The fourth-order valence-corrected chi connectivity index (χ4v) is 3.17. The average Bonchev–Trinajstić information content (AvgIpc) is 3.32. The lowest BCUT2D eigenvalue weighted by Gasteiger charge is -2.13. The van der Waals surface area contributed by atoms with Gasteiger partial charge in [-0.15, -0.1) is 0 Å². The van der Waals surface area contributed by atoms with Crippen molar-refractivity contribution < 1.29 is 9.84 Å². The van der Waals surface area contributed by atoms with E-state index in [1.54, 1.807) is 7.11 Å². The molecular weight excluding hydrogens is 328 g/mol. The van der Waals surface area contributed by atoms with Gasteiger partial charge in [-0.1, -0.05) is 30.3 Å². The Balaban J connectivity index is 1.70. The van der Waals surface area contributed by atoms with Crippen molar-refractivity contribution in [1.29, 1.82) is 0 Å². The summed E-state index contributed by atoms with van der Waals surface area (Å²) in [5, 5.41) is 10.4. The lowest BCUT2D eigenvalue weighted by molar-refractivity contribution is 0.178. The van der Waals surface area contributed by atoms with E-state index in [1.165, 1.54) is 18.4 Å². The predicted molar refractivity (Wildman–Crippen MR) is 87.8 cm³/mol. The van der Waals surface area contributed by atoms with Crippen LogP contribution in [0.15, 0.2) is 46.9 Å². The van der Waals surface area contributed by atoms with Gasteiger partial charge in [0.05, 0.1) is 17.7 Å². The van der Waals surface area contributed by atoms with E-state index in [2.05, 4.69) is 40.2 Å². The summed E-state index contributed by atoms with van der Waals surface area (Å²) in [5.74, 6) is 1.57. The van der Waals surface area contributed by atoms with E-state index in [9.17, 15) is 5.11 Å². The number of hydrogen-bond donors (Lipinski definition) is 1. The molecule has 1 N–H and O–H groups in total. The number of hydrogen-bond acceptors (Lipinski definition) is 2. The highest BCUT2D eigenvalue weighted by atomic mass is 79.9. The van der Waals surface area contributed by atoms with Gasteiger partial charge in [0.2, 0.25) is 0 Å². The molecular formula is C18H19BrO2. The Morgan fingerprint density at radius 1 is 1.19 bits per heavy atom.